The molecule has 0 spiro atoms. The van der Waals surface area contributed by atoms with Crippen molar-refractivity contribution in [3.05, 3.63) is 313 Å². The maximum absolute atomic E-state index is 2.46. The number of rotatable bonds is 9. The standard InChI is InChI=1S/C73H48N2/c1-5-17-49(18-6-1)51-35-40-59(41-36-51)74(61-44-45-63-62-27-13-14-30-67(62)73(68(63)48-61,56-21-7-2-8-22-56)57-23-9-3-10-24-57)60-42-37-52(38-43-60)50-31-33-53(34-32-50)55-39-46-69-66(47-55)71-64-28-15-19-54-20-16-29-65(70(54)64)72(71)75(69)58-25-11-4-12-26-58/h1-48H. The van der Waals surface area contributed by atoms with Crippen molar-refractivity contribution in [3.63, 3.8) is 0 Å². The van der Waals surface area contributed by atoms with Gasteiger partial charge < -0.3 is 9.47 Å². The minimum absolute atomic E-state index is 0.511. The third kappa shape index (κ3) is 6.66. The molecule has 0 N–H and O–H groups in total. The molecule has 13 aromatic rings. The van der Waals surface area contributed by atoms with Crippen LogP contribution in [0, 0.1) is 0 Å². The van der Waals surface area contributed by atoms with Gasteiger partial charge >= 0.3 is 0 Å². The second-order valence-corrected chi connectivity index (χ2v) is 20.0. The van der Waals surface area contributed by atoms with Gasteiger partial charge in [-0.1, -0.05) is 231 Å². The monoisotopic (exact) mass is 952 g/mol. The second-order valence-electron chi connectivity index (χ2n) is 20.0. The fourth-order valence-corrected chi connectivity index (χ4v) is 12.7. The summed E-state index contributed by atoms with van der Waals surface area (Å²) in [5, 5.41) is 3.89. The van der Waals surface area contributed by atoms with Crippen LogP contribution in [0.5, 0.6) is 0 Å². The molecule has 0 saturated carbocycles. The van der Waals surface area contributed by atoms with Crippen molar-refractivity contribution in [1.29, 1.82) is 0 Å². The van der Waals surface area contributed by atoms with Crippen LogP contribution in [0.1, 0.15) is 22.3 Å². The molecule has 2 nitrogen and oxygen atoms in total. The molecular formula is C73H48N2. The van der Waals surface area contributed by atoms with E-state index < -0.39 is 5.41 Å². The van der Waals surface area contributed by atoms with Gasteiger partial charge in [0.05, 0.1) is 16.6 Å². The first-order valence-electron chi connectivity index (χ1n) is 26.0. The van der Waals surface area contributed by atoms with Crippen molar-refractivity contribution in [3.8, 4) is 72.6 Å². The summed E-state index contributed by atoms with van der Waals surface area (Å²) in [4.78, 5) is 2.42. The highest BCUT2D eigenvalue weighted by Crippen LogP contribution is 2.58. The molecule has 0 fully saturated rings. The number of benzene rings is 12. The molecule has 1 aromatic heterocycles. The Kier molecular flexibility index (Phi) is 9.83. The van der Waals surface area contributed by atoms with Gasteiger partial charge in [0.2, 0.25) is 0 Å². The third-order valence-corrected chi connectivity index (χ3v) is 16.0. The van der Waals surface area contributed by atoms with Crippen molar-refractivity contribution in [2.45, 2.75) is 5.41 Å². The molecular weight excluding hydrogens is 905 g/mol. The van der Waals surface area contributed by atoms with Crippen molar-refractivity contribution in [1.82, 2.24) is 4.57 Å². The van der Waals surface area contributed by atoms with Crippen molar-refractivity contribution >= 4 is 38.7 Å². The number of fused-ring (bicyclic) bond motifs is 8. The first kappa shape index (κ1) is 42.9. The van der Waals surface area contributed by atoms with Gasteiger partial charge in [0.25, 0.3) is 0 Å². The second kappa shape index (κ2) is 17.2. The van der Waals surface area contributed by atoms with E-state index >= 15 is 0 Å². The Balaban J connectivity index is 0.817. The van der Waals surface area contributed by atoms with Gasteiger partial charge in [-0.2, -0.15) is 0 Å². The van der Waals surface area contributed by atoms with E-state index in [1.54, 1.807) is 0 Å². The predicted molar refractivity (Wildman–Crippen MR) is 314 cm³/mol. The summed E-state index contributed by atoms with van der Waals surface area (Å²) in [6, 6.07) is 107. The zero-order chi connectivity index (χ0) is 49.5. The Morgan fingerprint density at radius 1 is 0.307 bits per heavy atom. The number of aromatic nitrogens is 1. The van der Waals surface area contributed by atoms with E-state index in [-0.39, 0.29) is 0 Å². The zero-order valence-corrected chi connectivity index (χ0v) is 41.1. The highest BCUT2D eigenvalue weighted by molar-refractivity contribution is 6.22. The summed E-state index contributed by atoms with van der Waals surface area (Å²) < 4.78 is 2.46. The highest BCUT2D eigenvalue weighted by atomic mass is 15.1. The van der Waals surface area contributed by atoms with Gasteiger partial charge in [-0.15, -0.1) is 0 Å². The summed E-state index contributed by atoms with van der Waals surface area (Å²) in [6.45, 7) is 0. The molecule has 2 aliphatic rings. The molecule has 0 unspecified atom stereocenters. The molecule has 0 atom stereocenters. The summed E-state index contributed by atoms with van der Waals surface area (Å²) >= 11 is 0. The fourth-order valence-electron chi connectivity index (χ4n) is 12.7. The molecule has 0 bridgehead atoms. The van der Waals surface area contributed by atoms with Crippen LogP contribution < -0.4 is 4.90 Å². The van der Waals surface area contributed by atoms with E-state index in [9.17, 15) is 0 Å². The number of anilines is 3. The average Bonchev–Trinajstić information content (AvgIpc) is 4.12. The maximum atomic E-state index is 2.46. The summed E-state index contributed by atoms with van der Waals surface area (Å²) in [6.07, 6.45) is 0. The molecule has 0 aliphatic heterocycles. The van der Waals surface area contributed by atoms with Crippen molar-refractivity contribution < 1.29 is 0 Å². The molecule has 0 radical (unpaired) electrons. The van der Waals surface area contributed by atoms with E-state index in [1.165, 1.54) is 117 Å². The van der Waals surface area contributed by atoms with Crippen molar-refractivity contribution in [2.75, 3.05) is 4.90 Å². The predicted octanol–water partition coefficient (Wildman–Crippen LogP) is 19.3. The lowest BCUT2D eigenvalue weighted by molar-refractivity contribution is 0.768. The Morgan fingerprint density at radius 2 is 0.773 bits per heavy atom. The van der Waals surface area contributed by atoms with Crippen LogP contribution in [0.4, 0.5) is 17.1 Å². The van der Waals surface area contributed by atoms with Crippen LogP contribution in [0.2, 0.25) is 0 Å². The van der Waals surface area contributed by atoms with Crippen molar-refractivity contribution in [2.24, 2.45) is 0 Å². The van der Waals surface area contributed by atoms with Crippen LogP contribution >= 0.6 is 0 Å². The molecule has 1 heterocycles. The van der Waals surface area contributed by atoms with E-state index in [4.69, 9.17) is 0 Å². The highest BCUT2D eigenvalue weighted by Gasteiger charge is 2.46. The lowest BCUT2D eigenvalue weighted by atomic mass is 9.67. The molecule has 2 aliphatic carbocycles. The molecule has 0 saturated heterocycles. The van der Waals surface area contributed by atoms with Crippen LogP contribution in [0.15, 0.2) is 291 Å². The molecule has 12 aromatic carbocycles. The molecule has 0 amide bonds. The molecule has 350 valence electrons. The lowest BCUT2D eigenvalue weighted by Gasteiger charge is -2.35. The number of hydrogen-bond acceptors (Lipinski definition) is 1. The first-order valence-corrected chi connectivity index (χ1v) is 26.0. The molecule has 75 heavy (non-hydrogen) atoms. The quantitative estimate of drug-likeness (QED) is 0.140. The Bertz CT molecular complexity index is 4250. The Hall–Kier alpha value is -9.76. The lowest BCUT2D eigenvalue weighted by Crippen LogP contribution is -2.28. The SMILES string of the molecule is c1ccc(-c2ccc(N(c3ccc(-c4ccc(-c5ccc6c(c5)c5c(n6-c6ccccc6)-c6cccc7cccc-5c67)cc4)cc3)c3ccc4c(c3)C(c3ccccc3)(c3ccccc3)c3ccccc3-4)cc2)cc1. The van der Waals surface area contributed by atoms with Gasteiger partial charge in [0.1, 0.15) is 0 Å². The van der Waals surface area contributed by atoms with Gasteiger partial charge in [-0.3, -0.25) is 0 Å². The zero-order valence-electron chi connectivity index (χ0n) is 41.1. The van der Waals surface area contributed by atoms with Gasteiger partial charge in [0.15, 0.2) is 0 Å². The average molecular weight is 953 g/mol. The smallest absolute Gasteiger partial charge is 0.0714 e. The maximum Gasteiger partial charge on any atom is 0.0714 e. The topological polar surface area (TPSA) is 8.17 Å². The Labute approximate surface area is 437 Å². The summed E-state index contributed by atoms with van der Waals surface area (Å²) in [5.74, 6) is 0. The fraction of sp³-hybridized carbons (Fsp3) is 0.0137. The van der Waals surface area contributed by atoms with E-state index in [2.05, 4.69) is 301 Å². The van der Waals surface area contributed by atoms with E-state index in [0.717, 1.165) is 17.1 Å². The molecule has 2 heteroatoms. The normalized spacial score (nSPS) is 12.6. The first-order chi connectivity index (χ1) is 37.2. The largest absolute Gasteiger partial charge is 0.310 e. The molecule has 15 rings (SSSR count). The number of para-hydroxylation sites is 1. The van der Waals surface area contributed by atoms with Crippen LogP contribution in [0.3, 0.4) is 0 Å². The number of nitrogens with zero attached hydrogens (tertiary/aromatic N) is 2. The van der Waals surface area contributed by atoms with Crippen LogP contribution in [0.25, 0.3) is 94.3 Å². The van der Waals surface area contributed by atoms with Crippen LogP contribution in [-0.2, 0) is 5.41 Å². The van der Waals surface area contributed by atoms with Gasteiger partial charge in [-0.25, -0.2) is 0 Å². The van der Waals surface area contributed by atoms with Gasteiger partial charge in [0, 0.05) is 39.3 Å². The van der Waals surface area contributed by atoms with Crippen LogP contribution in [-0.4, -0.2) is 4.57 Å². The number of hydrogen-bond donors (Lipinski definition) is 0. The minimum atomic E-state index is -0.511. The minimum Gasteiger partial charge on any atom is -0.310 e. The Morgan fingerprint density at radius 3 is 1.40 bits per heavy atom. The van der Waals surface area contributed by atoms with E-state index in [0.29, 0.717) is 0 Å². The summed E-state index contributed by atoms with van der Waals surface area (Å²) in [7, 11) is 0. The van der Waals surface area contributed by atoms with E-state index in [1.807, 2.05) is 0 Å². The third-order valence-electron chi connectivity index (χ3n) is 16.0. The van der Waals surface area contributed by atoms with Gasteiger partial charge in [-0.05, 0) is 144 Å². The summed E-state index contributed by atoms with van der Waals surface area (Å²) in [5.41, 5.74) is 25.1.